The highest BCUT2D eigenvalue weighted by molar-refractivity contribution is 5.61. The maximum Gasteiger partial charge on any atom is 0.0992 e. The molecular weight excluding hydrogens is 148 g/mol. The molecule has 1 heterocycles. The van der Waals surface area contributed by atoms with Crippen molar-refractivity contribution in [2.24, 2.45) is 0 Å². The minimum atomic E-state index is 0.751. The van der Waals surface area contributed by atoms with E-state index in [1.807, 2.05) is 12.1 Å². The minimum Gasteiger partial charge on any atom is -0.384 e. The number of hydrogen-bond acceptors (Lipinski definition) is 2. The Kier molecular flexibility index (Phi) is 1.51. The van der Waals surface area contributed by atoms with Gasteiger partial charge in [0.05, 0.1) is 11.6 Å². The molecule has 0 aliphatic carbocycles. The molecule has 2 rings (SSSR count). The first kappa shape index (κ1) is 7.17. The van der Waals surface area contributed by atoms with E-state index >= 15 is 0 Å². The Labute approximate surface area is 71.8 Å². The second-order valence-electron chi connectivity index (χ2n) is 3.11. The molecular formula is C10H10N2. The molecule has 60 valence electrons. The van der Waals surface area contributed by atoms with Gasteiger partial charge >= 0.3 is 0 Å². The van der Waals surface area contributed by atoms with Gasteiger partial charge in [0.15, 0.2) is 0 Å². The van der Waals surface area contributed by atoms with Gasteiger partial charge in [-0.1, -0.05) is 0 Å². The lowest BCUT2D eigenvalue weighted by molar-refractivity contribution is 1.09. The summed E-state index contributed by atoms with van der Waals surface area (Å²) in [5.41, 5.74) is 4.50. The van der Waals surface area contributed by atoms with Crippen molar-refractivity contribution in [1.29, 1.82) is 5.26 Å². The van der Waals surface area contributed by atoms with Gasteiger partial charge in [0.1, 0.15) is 0 Å². The third kappa shape index (κ3) is 0.947. The fourth-order valence-electron chi connectivity index (χ4n) is 1.69. The van der Waals surface area contributed by atoms with Crippen LogP contribution in [0.3, 0.4) is 0 Å². The summed E-state index contributed by atoms with van der Waals surface area (Å²) in [6.07, 6.45) is 1.09. The van der Waals surface area contributed by atoms with Gasteiger partial charge in [0.2, 0.25) is 0 Å². The van der Waals surface area contributed by atoms with E-state index in [4.69, 9.17) is 5.26 Å². The van der Waals surface area contributed by atoms with Gasteiger partial charge in [-0.3, -0.25) is 0 Å². The zero-order chi connectivity index (χ0) is 8.55. The number of benzene rings is 1. The van der Waals surface area contributed by atoms with Crippen LogP contribution in [0.5, 0.6) is 0 Å². The predicted molar refractivity (Wildman–Crippen MR) is 48.1 cm³/mol. The summed E-state index contributed by atoms with van der Waals surface area (Å²) < 4.78 is 0. The number of rotatable bonds is 0. The molecule has 1 aromatic rings. The first-order valence-corrected chi connectivity index (χ1v) is 4.09. The first-order chi connectivity index (χ1) is 5.81. The van der Waals surface area contributed by atoms with Crippen LogP contribution in [0.4, 0.5) is 5.69 Å². The molecule has 0 atom stereocenters. The molecule has 12 heavy (non-hydrogen) atoms. The summed E-state index contributed by atoms with van der Waals surface area (Å²) in [6, 6.07) is 6.03. The zero-order valence-electron chi connectivity index (χ0n) is 7.02. The molecule has 2 nitrogen and oxygen atoms in total. The summed E-state index contributed by atoms with van der Waals surface area (Å²) in [6.45, 7) is 3.07. The Hall–Kier alpha value is -1.49. The van der Waals surface area contributed by atoms with E-state index in [0.717, 1.165) is 24.2 Å². The number of aryl methyl sites for hydroxylation is 1. The number of nitrogens with one attached hydrogen (secondary N) is 1. The average Bonchev–Trinajstić information content (AvgIpc) is 2.52. The zero-order valence-corrected chi connectivity index (χ0v) is 7.02. The van der Waals surface area contributed by atoms with Crippen molar-refractivity contribution < 1.29 is 0 Å². The van der Waals surface area contributed by atoms with Crippen LogP contribution in [0.15, 0.2) is 12.1 Å². The van der Waals surface area contributed by atoms with Gasteiger partial charge < -0.3 is 5.32 Å². The van der Waals surface area contributed by atoms with Crippen LogP contribution in [0, 0.1) is 18.3 Å². The van der Waals surface area contributed by atoms with E-state index in [-0.39, 0.29) is 0 Å². The molecule has 1 aliphatic rings. The van der Waals surface area contributed by atoms with Crippen LogP contribution >= 0.6 is 0 Å². The van der Waals surface area contributed by atoms with Crippen molar-refractivity contribution in [1.82, 2.24) is 0 Å². The average molecular weight is 158 g/mol. The largest absolute Gasteiger partial charge is 0.384 e. The maximum absolute atomic E-state index is 8.72. The van der Waals surface area contributed by atoms with Crippen molar-refractivity contribution >= 4 is 5.69 Å². The number of nitriles is 1. The van der Waals surface area contributed by atoms with Crippen molar-refractivity contribution in [3.63, 3.8) is 0 Å². The lowest BCUT2D eigenvalue weighted by Crippen LogP contribution is -1.90. The van der Waals surface area contributed by atoms with Gasteiger partial charge in [0, 0.05) is 12.2 Å². The molecule has 0 spiro atoms. The lowest BCUT2D eigenvalue weighted by atomic mass is 10.0. The second-order valence-corrected chi connectivity index (χ2v) is 3.11. The lowest BCUT2D eigenvalue weighted by Gasteiger charge is -2.03. The monoisotopic (exact) mass is 158 g/mol. The molecule has 1 aliphatic heterocycles. The van der Waals surface area contributed by atoms with Crippen LogP contribution < -0.4 is 5.32 Å². The minimum absolute atomic E-state index is 0.751. The van der Waals surface area contributed by atoms with Crippen LogP contribution in [0.25, 0.3) is 0 Å². The standard InChI is InChI=1S/C10H10N2/c1-7-4-8(6-11)5-10-9(7)2-3-12-10/h4-5,12H,2-3H2,1H3. The Morgan fingerprint density at radius 2 is 2.33 bits per heavy atom. The highest BCUT2D eigenvalue weighted by Crippen LogP contribution is 2.26. The first-order valence-electron chi connectivity index (χ1n) is 4.09. The normalized spacial score (nSPS) is 13.3. The van der Waals surface area contributed by atoms with E-state index in [1.165, 1.54) is 11.1 Å². The molecule has 1 N–H and O–H groups in total. The summed E-state index contributed by atoms with van der Waals surface area (Å²) in [4.78, 5) is 0. The second kappa shape index (κ2) is 2.53. The molecule has 0 saturated carbocycles. The van der Waals surface area contributed by atoms with E-state index in [9.17, 15) is 0 Å². The highest BCUT2D eigenvalue weighted by Gasteiger charge is 2.12. The van der Waals surface area contributed by atoms with Gasteiger partial charge in [-0.2, -0.15) is 5.26 Å². The van der Waals surface area contributed by atoms with Crippen LogP contribution in [0.1, 0.15) is 16.7 Å². The number of fused-ring (bicyclic) bond motifs is 1. The molecule has 0 saturated heterocycles. The van der Waals surface area contributed by atoms with Crippen LogP contribution in [-0.2, 0) is 6.42 Å². The third-order valence-corrected chi connectivity index (χ3v) is 2.29. The quantitative estimate of drug-likeness (QED) is 0.625. The Bertz CT molecular complexity index is 361. The summed E-state index contributed by atoms with van der Waals surface area (Å²) in [5, 5.41) is 12.0. The fourth-order valence-corrected chi connectivity index (χ4v) is 1.69. The molecule has 0 bridgehead atoms. The molecule has 0 radical (unpaired) electrons. The number of nitrogens with zero attached hydrogens (tertiary/aromatic N) is 1. The fraction of sp³-hybridized carbons (Fsp3) is 0.300. The Morgan fingerprint density at radius 1 is 1.50 bits per heavy atom. The molecule has 2 heteroatoms. The van der Waals surface area contributed by atoms with Gasteiger partial charge in [0.25, 0.3) is 0 Å². The topological polar surface area (TPSA) is 35.8 Å². The van der Waals surface area contributed by atoms with E-state index in [2.05, 4.69) is 18.3 Å². The van der Waals surface area contributed by atoms with Gasteiger partial charge in [-0.25, -0.2) is 0 Å². The van der Waals surface area contributed by atoms with Gasteiger partial charge in [-0.05, 0) is 36.6 Å². The maximum atomic E-state index is 8.72. The smallest absolute Gasteiger partial charge is 0.0992 e. The molecule has 0 fully saturated rings. The molecule has 1 aromatic carbocycles. The molecule has 0 unspecified atom stereocenters. The van der Waals surface area contributed by atoms with Crippen LogP contribution in [-0.4, -0.2) is 6.54 Å². The Balaban J connectivity index is 2.60. The highest BCUT2D eigenvalue weighted by atomic mass is 14.9. The predicted octanol–water partition coefficient (Wildman–Crippen LogP) is 1.83. The molecule has 0 amide bonds. The number of anilines is 1. The van der Waals surface area contributed by atoms with Crippen molar-refractivity contribution in [2.75, 3.05) is 11.9 Å². The van der Waals surface area contributed by atoms with Crippen molar-refractivity contribution in [3.8, 4) is 6.07 Å². The number of hydrogen-bond donors (Lipinski definition) is 1. The van der Waals surface area contributed by atoms with Crippen molar-refractivity contribution in [2.45, 2.75) is 13.3 Å². The van der Waals surface area contributed by atoms with E-state index in [0.29, 0.717) is 0 Å². The van der Waals surface area contributed by atoms with Crippen molar-refractivity contribution in [3.05, 3.63) is 28.8 Å². The van der Waals surface area contributed by atoms with E-state index in [1.54, 1.807) is 0 Å². The van der Waals surface area contributed by atoms with Gasteiger partial charge in [-0.15, -0.1) is 0 Å². The molecule has 0 aromatic heterocycles. The summed E-state index contributed by atoms with van der Waals surface area (Å²) >= 11 is 0. The Morgan fingerprint density at radius 3 is 3.08 bits per heavy atom. The summed E-state index contributed by atoms with van der Waals surface area (Å²) in [5.74, 6) is 0. The van der Waals surface area contributed by atoms with E-state index < -0.39 is 0 Å². The summed E-state index contributed by atoms with van der Waals surface area (Å²) in [7, 11) is 0. The third-order valence-electron chi connectivity index (χ3n) is 2.29. The SMILES string of the molecule is Cc1cc(C#N)cc2c1CCN2. The van der Waals surface area contributed by atoms with Crippen LogP contribution in [0.2, 0.25) is 0 Å².